The molecule has 1 aromatic heterocycles. The number of imidazole rings is 1. The summed E-state index contributed by atoms with van der Waals surface area (Å²) in [6.45, 7) is -0.258. The Kier molecular flexibility index (Phi) is 2.95. The maximum Gasteiger partial charge on any atom is 0.191 e. The Morgan fingerprint density at radius 2 is 2.37 bits per heavy atom. The van der Waals surface area contributed by atoms with E-state index in [-0.39, 0.29) is 6.61 Å². The summed E-state index contributed by atoms with van der Waals surface area (Å²) in [5, 5.41) is 24.8. The van der Waals surface area contributed by atoms with Crippen LogP contribution in [0.5, 0.6) is 0 Å². The van der Waals surface area contributed by atoms with Gasteiger partial charge in [0.05, 0.1) is 19.0 Å². The number of nitrogens with two attached hydrogens (primary N) is 1. The zero-order chi connectivity index (χ0) is 13.6. The van der Waals surface area contributed by atoms with Crippen LogP contribution >= 0.6 is 12.2 Å². The Balaban J connectivity index is 1.84. The zero-order valence-corrected chi connectivity index (χ0v) is 10.8. The molecule has 7 N–H and O–H groups in total. The van der Waals surface area contributed by atoms with Gasteiger partial charge in [-0.1, -0.05) is 12.2 Å². The molecule has 4 atom stereocenters. The topological polar surface area (TPSA) is 128 Å². The van der Waals surface area contributed by atoms with Gasteiger partial charge in [-0.3, -0.25) is 5.73 Å². The summed E-state index contributed by atoms with van der Waals surface area (Å²) < 4.78 is 5.56. The normalized spacial score (nSPS) is 37.6. The fourth-order valence-corrected chi connectivity index (χ4v) is 2.71. The highest BCUT2D eigenvalue weighted by Gasteiger charge is 2.48. The second-order valence-corrected chi connectivity index (χ2v) is 5.13. The Hall–Kier alpha value is -1.26. The molecule has 0 spiro atoms. The van der Waals surface area contributed by atoms with Crippen LogP contribution in [0.3, 0.4) is 0 Å². The average Bonchev–Trinajstić information content (AvgIpc) is 2.95. The van der Waals surface area contributed by atoms with Crippen molar-refractivity contribution < 1.29 is 14.9 Å². The van der Waals surface area contributed by atoms with E-state index >= 15 is 0 Å². The van der Waals surface area contributed by atoms with Gasteiger partial charge >= 0.3 is 0 Å². The molecule has 0 bridgehead atoms. The zero-order valence-electron chi connectivity index (χ0n) is 9.96. The van der Waals surface area contributed by atoms with E-state index in [9.17, 15) is 5.11 Å². The van der Waals surface area contributed by atoms with E-state index in [1.54, 1.807) is 0 Å². The number of rotatable bonds is 2. The summed E-state index contributed by atoms with van der Waals surface area (Å²) in [4.78, 5) is 7.42. The van der Waals surface area contributed by atoms with Gasteiger partial charge in [-0.2, -0.15) is 0 Å². The van der Waals surface area contributed by atoms with Gasteiger partial charge in [-0.05, 0) is 0 Å². The number of thiocarbonyl (C=S) groups is 1. The molecule has 3 heterocycles. The molecule has 2 aliphatic heterocycles. The van der Waals surface area contributed by atoms with Crippen LogP contribution in [-0.2, 0) is 4.74 Å². The summed E-state index contributed by atoms with van der Waals surface area (Å²) in [5.41, 5.74) is 6.89. The smallest absolute Gasteiger partial charge is 0.191 e. The number of aromatic nitrogens is 2. The minimum atomic E-state index is -1.16. The number of anilines is 1. The third kappa shape index (κ3) is 1.99. The van der Waals surface area contributed by atoms with E-state index in [1.165, 1.54) is 6.33 Å². The summed E-state index contributed by atoms with van der Waals surface area (Å²) >= 11 is 5.22. The molecule has 1 fully saturated rings. The minimum Gasteiger partial charge on any atom is -0.394 e. The number of nitrogens with one attached hydrogen (secondary N) is 3. The second kappa shape index (κ2) is 4.39. The Morgan fingerprint density at radius 1 is 1.58 bits per heavy atom. The van der Waals surface area contributed by atoms with Crippen molar-refractivity contribution in [1.29, 1.82) is 0 Å². The molecule has 0 aromatic carbocycles. The SMILES string of the molecule is NC1(C2C[C@H](O)[C@@H](CO)O2)NC(=S)c2[nH]cnc2N1. The van der Waals surface area contributed by atoms with Crippen LogP contribution in [0.15, 0.2) is 6.33 Å². The van der Waals surface area contributed by atoms with Gasteiger partial charge in [0.25, 0.3) is 0 Å². The first-order valence-electron chi connectivity index (χ1n) is 5.91. The molecule has 0 aliphatic carbocycles. The lowest BCUT2D eigenvalue weighted by Gasteiger charge is -2.40. The molecule has 0 saturated carbocycles. The van der Waals surface area contributed by atoms with E-state index in [2.05, 4.69) is 20.6 Å². The monoisotopic (exact) mass is 285 g/mol. The van der Waals surface area contributed by atoms with Crippen LogP contribution in [0.2, 0.25) is 0 Å². The molecule has 0 amide bonds. The molecule has 2 aliphatic rings. The standard InChI is InChI=1S/C10H15N5O3S/c11-10(6-1-4(17)5(2-16)18-6)14-8-7(9(19)15-10)12-3-13-8/h3-6,14,16-17H,1-2,11H2,(H,12,13)(H,15,19)/t4-,5+,6?,10?/m0/s1. The van der Waals surface area contributed by atoms with Crippen molar-refractivity contribution in [2.45, 2.75) is 30.5 Å². The predicted molar refractivity (Wildman–Crippen MR) is 70.3 cm³/mol. The van der Waals surface area contributed by atoms with Gasteiger partial charge in [0.1, 0.15) is 22.9 Å². The molecule has 9 heteroatoms. The van der Waals surface area contributed by atoms with E-state index in [1.807, 2.05) is 0 Å². The van der Waals surface area contributed by atoms with Crippen LogP contribution in [0, 0.1) is 0 Å². The number of aliphatic hydroxyl groups excluding tert-OH is 2. The van der Waals surface area contributed by atoms with E-state index in [0.717, 1.165) is 0 Å². The molecular formula is C10H15N5O3S. The Bertz CT molecular complexity index is 509. The predicted octanol–water partition coefficient (Wildman–Crippen LogP) is -1.78. The molecule has 19 heavy (non-hydrogen) atoms. The van der Waals surface area contributed by atoms with Crippen molar-refractivity contribution in [2.24, 2.45) is 5.73 Å². The molecule has 1 aromatic rings. The lowest BCUT2D eigenvalue weighted by molar-refractivity contribution is -0.0423. The fraction of sp³-hybridized carbons (Fsp3) is 0.600. The summed E-state index contributed by atoms with van der Waals surface area (Å²) in [5.74, 6) is -0.624. The van der Waals surface area contributed by atoms with E-state index in [4.69, 9.17) is 27.8 Å². The van der Waals surface area contributed by atoms with Crippen molar-refractivity contribution in [3.05, 3.63) is 12.0 Å². The third-order valence-electron chi connectivity index (χ3n) is 3.42. The highest BCUT2D eigenvalue weighted by atomic mass is 32.1. The average molecular weight is 285 g/mol. The summed E-state index contributed by atoms with van der Waals surface area (Å²) in [6.07, 6.45) is -0.124. The van der Waals surface area contributed by atoms with Gasteiger partial charge in [-0.15, -0.1) is 0 Å². The Labute approximate surface area is 114 Å². The molecule has 2 unspecified atom stereocenters. The van der Waals surface area contributed by atoms with Crippen molar-refractivity contribution in [2.75, 3.05) is 11.9 Å². The first kappa shape index (κ1) is 12.8. The molecule has 0 radical (unpaired) electrons. The van der Waals surface area contributed by atoms with E-state index < -0.39 is 24.1 Å². The van der Waals surface area contributed by atoms with Crippen LogP contribution in [-0.4, -0.2) is 55.9 Å². The minimum absolute atomic E-state index is 0.258. The largest absolute Gasteiger partial charge is 0.394 e. The Morgan fingerprint density at radius 3 is 3.05 bits per heavy atom. The van der Waals surface area contributed by atoms with Crippen molar-refractivity contribution >= 4 is 23.0 Å². The number of aliphatic hydroxyl groups is 2. The number of aromatic amines is 1. The molecular weight excluding hydrogens is 270 g/mol. The number of hydrogen-bond acceptors (Lipinski definition) is 7. The highest BCUT2D eigenvalue weighted by molar-refractivity contribution is 7.80. The van der Waals surface area contributed by atoms with Crippen molar-refractivity contribution in [3.63, 3.8) is 0 Å². The molecule has 8 nitrogen and oxygen atoms in total. The fourth-order valence-electron chi connectivity index (χ4n) is 2.39. The maximum atomic E-state index is 9.77. The number of hydrogen-bond donors (Lipinski definition) is 6. The quantitative estimate of drug-likeness (QED) is 0.352. The van der Waals surface area contributed by atoms with Crippen LogP contribution < -0.4 is 16.4 Å². The van der Waals surface area contributed by atoms with Gasteiger partial charge in [-0.25, -0.2) is 4.98 Å². The number of fused-ring (bicyclic) bond motifs is 1. The maximum absolute atomic E-state index is 9.77. The summed E-state index contributed by atoms with van der Waals surface area (Å²) in [7, 11) is 0. The number of H-pyrrole nitrogens is 1. The van der Waals surface area contributed by atoms with E-state index in [0.29, 0.717) is 22.9 Å². The molecule has 3 rings (SSSR count). The first-order valence-corrected chi connectivity index (χ1v) is 6.31. The van der Waals surface area contributed by atoms with Crippen LogP contribution in [0.4, 0.5) is 5.82 Å². The third-order valence-corrected chi connectivity index (χ3v) is 3.73. The van der Waals surface area contributed by atoms with Crippen LogP contribution in [0.25, 0.3) is 0 Å². The second-order valence-electron chi connectivity index (χ2n) is 4.72. The van der Waals surface area contributed by atoms with Crippen molar-refractivity contribution in [1.82, 2.24) is 15.3 Å². The molecule has 104 valence electrons. The van der Waals surface area contributed by atoms with Gasteiger partial charge < -0.3 is 30.6 Å². The van der Waals surface area contributed by atoms with Gasteiger partial charge in [0.15, 0.2) is 11.6 Å². The molecule has 1 saturated heterocycles. The summed E-state index contributed by atoms with van der Waals surface area (Å²) in [6, 6.07) is 0. The van der Waals surface area contributed by atoms with Gasteiger partial charge in [0, 0.05) is 6.42 Å². The lowest BCUT2D eigenvalue weighted by atomic mass is 10.0. The highest BCUT2D eigenvalue weighted by Crippen LogP contribution is 2.30. The lowest BCUT2D eigenvalue weighted by Crippen LogP contribution is -2.70. The first-order chi connectivity index (χ1) is 9.03. The van der Waals surface area contributed by atoms with Gasteiger partial charge in [0.2, 0.25) is 0 Å². The van der Waals surface area contributed by atoms with Crippen molar-refractivity contribution in [3.8, 4) is 0 Å². The van der Waals surface area contributed by atoms with Crippen LogP contribution in [0.1, 0.15) is 12.1 Å². The number of ether oxygens (including phenoxy) is 1. The number of nitrogens with zero attached hydrogens (tertiary/aromatic N) is 1.